The minimum atomic E-state index is -0.171. The van der Waals surface area contributed by atoms with Gasteiger partial charge >= 0.3 is 0 Å². The summed E-state index contributed by atoms with van der Waals surface area (Å²) >= 11 is 5.91. The van der Waals surface area contributed by atoms with Gasteiger partial charge in [0.2, 0.25) is 5.91 Å². The van der Waals surface area contributed by atoms with E-state index < -0.39 is 0 Å². The molecule has 0 aliphatic heterocycles. The number of nitrogens with one attached hydrogen (secondary N) is 2. The van der Waals surface area contributed by atoms with Crippen LogP contribution in [0.5, 0.6) is 0 Å². The molecule has 1 atom stereocenters. The number of benzene rings is 1. The summed E-state index contributed by atoms with van der Waals surface area (Å²) in [6.45, 7) is 6.46. The van der Waals surface area contributed by atoms with Crippen molar-refractivity contribution < 1.29 is 4.79 Å². The second-order valence-corrected chi connectivity index (χ2v) is 4.75. The van der Waals surface area contributed by atoms with Crippen molar-refractivity contribution in [2.24, 2.45) is 0 Å². The Kier molecular flexibility index (Phi) is 9.66. The molecule has 0 aromatic heterocycles. The Balaban J connectivity index is 0.00000324. The zero-order valence-corrected chi connectivity index (χ0v) is 13.0. The number of hydrogen-bond donors (Lipinski definition) is 2. The van der Waals surface area contributed by atoms with Crippen molar-refractivity contribution in [3.05, 3.63) is 34.9 Å². The van der Waals surface area contributed by atoms with E-state index in [0.717, 1.165) is 25.1 Å². The van der Waals surface area contributed by atoms with E-state index in [0.29, 0.717) is 11.6 Å². The molecule has 0 fully saturated rings. The van der Waals surface area contributed by atoms with Crippen LogP contribution in [-0.2, 0) is 4.79 Å². The molecule has 0 heterocycles. The van der Waals surface area contributed by atoms with E-state index in [9.17, 15) is 4.79 Å². The first-order chi connectivity index (χ1) is 8.65. The Labute approximate surface area is 126 Å². The smallest absolute Gasteiger partial charge is 0.227 e. The summed E-state index contributed by atoms with van der Waals surface area (Å²) in [4.78, 5) is 11.9. The van der Waals surface area contributed by atoms with Gasteiger partial charge in [-0.3, -0.25) is 4.79 Å². The number of halogens is 2. The van der Waals surface area contributed by atoms with Gasteiger partial charge in [-0.25, -0.2) is 0 Å². The van der Waals surface area contributed by atoms with Crippen LogP contribution in [0, 0.1) is 0 Å². The molecule has 1 aromatic rings. The second-order valence-electron chi connectivity index (χ2n) is 4.32. The number of amides is 1. The Hall–Kier alpha value is -0.770. The molecule has 1 amide bonds. The van der Waals surface area contributed by atoms with Crippen molar-refractivity contribution in [3.8, 4) is 0 Å². The third kappa shape index (κ3) is 6.81. The molecule has 0 saturated carbocycles. The van der Waals surface area contributed by atoms with Crippen molar-refractivity contribution in [2.45, 2.75) is 26.2 Å². The summed E-state index contributed by atoms with van der Waals surface area (Å²) in [6, 6.07) is 7.43. The van der Waals surface area contributed by atoms with Gasteiger partial charge in [-0.15, -0.1) is 12.4 Å². The maximum absolute atomic E-state index is 11.9. The van der Waals surface area contributed by atoms with Crippen LogP contribution in [0.25, 0.3) is 0 Å². The Morgan fingerprint density at radius 3 is 2.68 bits per heavy atom. The van der Waals surface area contributed by atoms with Gasteiger partial charge in [0.25, 0.3) is 0 Å². The average Bonchev–Trinajstić information content (AvgIpc) is 2.37. The largest absolute Gasteiger partial charge is 0.354 e. The van der Waals surface area contributed by atoms with Crippen LogP contribution in [-0.4, -0.2) is 25.5 Å². The fourth-order valence-electron chi connectivity index (χ4n) is 1.66. The lowest BCUT2D eigenvalue weighted by Crippen LogP contribution is -2.34. The fourth-order valence-corrected chi connectivity index (χ4v) is 1.85. The molecule has 1 unspecified atom stereocenters. The molecule has 1 rings (SSSR count). The third-order valence-electron chi connectivity index (χ3n) is 2.77. The number of hydrogen-bond acceptors (Lipinski definition) is 2. The molecule has 0 radical (unpaired) electrons. The van der Waals surface area contributed by atoms with Crippen molar-refractivity contribution in [1.29, 1.82) is 0 Å². The molecule has 0 saturated heterocycles. The Morgan fingerprint density at radius 2 is 2.05 bits per heavy atom. The van der Waals surface area contributed by atoms with Crippen LogP contribution in [0.2, 0.25) is 5.02 Å². The summed E-state index contributed by atoms with van der Waals surface area (Å²) < 4.78 is 0. The predicted octanol–water partition coefficient (Wildman–Crippen LogP) is 2.98. The van der Waals surface area contributed by atoms with Gasteiger partial charge in [0.15, 0.2) is 0 Å². The van der Waals surface area contributed by atoms with E-state index in [-0.39, 0.29) is 24.2 Å². The summed E-state index contributed by atoms with van der Waals surface area (Å²) in [5, 5.41) is 6.82. The zero-order chi connectivity index (χ0) is 13.4. The van der Waals surface area contributed by atoms with Crippen LogP contribution in [0.15, 0.2) is 24.3 Å². The lowest BCUT2D eigenvalue weighted by molar-refractivity contribution is -0.122. The highest BCUT2D eigenvalue weighted by atomic mass is 35.5. The molecule has 1 aromatic carbocycles. The van der Waals surface area contributed by atoms with Crippen molar-refractivity contribution in [2.75, 3.05) is 19.6 Å². The maximum Gasteiger partial charge on any atom is 0.227 e. The molecular formula is C14H22Cl2N2O. The van der Waals surface area contributed by atoms with Gasteiger partial charge in [0.05, 0.1) is 5.92 Å². The van der Waals surface area contributed by atoms with Crippen LogP contribution in [0.1, 0.15) is 31.7 Å². The predicted molar refractivity (Wildman–Crippen MR) is 83.3 cm³/mol. The topological polar surface area (TPSA) is 41.1 Å². The summed E-state index contributed by atoms with van der Waals surface area (Å²) in [6.07, 6.45) is 1.10. The van der Waals surface area contributed by atoms with Crippen molar-refractivity contribution in [1.82, 2.24) is 10.6 Å². The summed E-state index contributed by atoms with van der Waals surface area (Å²) in [5.41, 5.74) is 0.946. The molecule has 0 aliphatic carbocycles. The molecule has 0 aliphatic rings. The molecular weight excluding hydrogens is 283 g/mol. The highest BCUT2D eigenvalue weighted by Gasteiger charge is 2.14. The SMILES string of the molecule is CCCNCCNC(=O)C(C)c1cccc(Cl)c1.Cl. The molecule has 2 N–H and O–H groups in total. The molecule has 5 heteroatoms. The second kappa shape index (κ2) is 10.1. The summed E-state index contributed by atoms with van der Waals surface area (Å²) in [7, 11) is 0. The standard InChI is InChI=1S/C14H21ClN2O.ClH/c1-3-7-16-8-9-17-14(18)11(2)12-5-4-6-13(15)10-12;/h4-6,10-11,16H,3,7-9H2,1-2H3,(H,17,18);1H. The third-order valence-corrected chi connectivity index (χ3v) is 3.00. The quantitative estimate of drug-likeness (QED) is 0.760. The van der Waals surface area contributed by atoms with E-state index >= 15 is 0 Å². The normalized spacial score (nSPS) is 11.5. The van der Waals surface area contributed by atoms with Gasteiger partial charge in [0, 0.05) is 18.1 Å². The zero-order valence-electron chi connectivity index (χ0n) is 11.4. The first kappa shape index (κ1) is 18.2. The van der Waals surface area contributed by atoms with E-state index in [1.165, 1.54) is 0 Å². The molecule has 0 bridgehead atoms. The van der Waals surface area contributed by atoms with E-state index in [4.69, 9.17) is 11.6 Å². The molecule has 19 heavy (non-hydrogen) atoms. The summed E-state index contributed by atoms with van der Waals surface area (Å²) in [5.74, 6) is -0.134. The molecule has 3 nitrogen and oxygen atoms in total. The minimum Gasteiger partial charge on any atom is -0.354 e. The highest BCUT2D eigenvalue weighted by Crippen LogP contribution is 2.19. The number of carbonyl (C=O) groups excluding carboxylic acids is 1. The lowest BCUT2D eigenvalue weighted by atomic mass is 10.0. The van der Waals surface area contributed by atoms with E-state index in [1.54, 1.807) is 0 Å². The molecule has 0 spiro atoms. The fraction of sp³-hybridized carbons (Fsp3) is 0.500. The van der Waals surface area contributed by atoms with Crippen LogP contribution >= 0.6 is 24.0 Å². The van der Waals surface area contributed by atoms with E-state index in [2.05, 4.69) is 17.6 Å². The van der Waals surface area contributed by atoms with Crippen LogP contribution < -0.4 is 10.6 Å². The number of carbonyl (C=O) groups is 1. The molecule has 108 valence electrons. The van der Waals surface area contributed by atoms with Gasteiger partial charge in [-0.1, -0.05) is 30.7 Å². The van der Waals surface area contributed by atoms with Gasteiger partial charge in [-0.05, 0) is 37.6 Å². The Morgan fingerprint density at radius 1 is 1.32 bits per heavy atom. The lowest BCUT2D eigenvalue weighted by Gasteiger charge is -2.13. The van der Waals surface area contributed by atoms with Gasteiger partial charge < -0.3 is 10.6 Å². The van der Waals surface area contributed by atoms with E-state index in [1.807, 2.05) is 31.2 Å². The first-order valence-corrected chi connectivity index (χ1v) is 6.76. The monoisotopic (exact) mass is 304 g/mol. The van der Waals surface area contributed by atoms with Gasteiger partial charge in [-0.2, -0.15) is 0 Å². The first-order valence-electron chi connectivity index (χ1n) is 6.39. The van der Waals surface area contributed by atoms with Gasteiger partial charge in [0.1, 0.15) is 0 Å². The Bertz CT molecular complexity index is 385. The average molecular weight is 305 g/mol. The number of rotatable bonds is 7. The minimum absolute atomic E-state index is 0. The maximum atomic E-state index is 11.9. The van der Waals surface area contributed by atoms with Crippen LogP contribution in [0.3, 0.4) is 0 Å². The highest BCUT2D eigenvalue weighted by molar-refractivity contribution is 6.30. The van der Waals surface area contributed by atoms with Crippen LogP contribution in [0.4, 0.5) is 0 Å². The van der Waals surface area contributed by atoms with Crippen molar-refractivity contribution in [3.63, 3.8) is 0 Å². The van der Waals surface area contributed by atoms with Crippen molar-refractivity contribution >= 4 is 29.9 Å².